The molecule has 2 aliphatic rings. The smallest absolute Gasteiger partial charge is 0.222 e. The molecule has 2 aliphatic heterocycles. The predicted octanol–water partition coefficient (Wildman–Crippen LogP) is 3.07. The molecule has 0 unspecified atom stereocenters. The van der Waals surface area contributed by atoms with Crippen LogP contribution in [-0.2, 0) is 16.1 Å². The quantitative estimate of drug-likeness (QED) is 0.832. The molecule has 132 valence electrons. The second kappa shape index (κ2) is 8.63. The van der Waals surface area contributed by atoms with Crippen molar-refractivity contribution in [1.29, 1.82) is 0 Å². The molecule has 0 N–H and O–H groups in total. The Morgan fingerprint density at radius 2 is 1.58 bits per heavy atom. The van der Waals surface area contributed by atoms with E-state index in [4.69, 9.17) is 4.74 Å². The highest BCUT2D eigenvalue weighted by molar-refractivity contribution is 5.75. The largest absolute Gasteiger partial charge is 0.375 e. The third-order valence-electron chi connectivity index (χ3n) is 5.27. The number of amides is 1. The highest BCUT2D eigenvalue weighted by atomic mass is 16.5. The van der Waals surface area contributed by atoms with Crippen molar-refractivity contribution in [2.24, 2.45) is 0 Å². The predicted molar refractivity (Wildman–Crippen MR) is 95.7 cm³/mol. The van der Waals surface area contributed by atoms with Gasteiger partial charge < -0.3 is 9.64 Å². The SMILES string of the molecule is CCC(=O)N1CCC(OC2CCN(Cc3ccccc3)CC2)CC1. The number of carbonyl (C=O) groups is 1. The van der Waals surface area contributed by atoms with Crippen LogP contribution in [0.15, 0.2) is 30.3 Å². The van der Waals surface area contributed by atoms with E-state index in [0.29, 0.717) is 18.6 Å². The first-order valence-corrected chi connectivity index (χ1v) is 9.44. The minimum absolute atomic E-state index is 0.280. The summed E-state index contributed by atoms with van der Waals surface area (Å²) in [5, 5.41) is 0. The molecule has 24 heavy (non-hydrogen) atoms. The molecule has 4 nitrogen and oxygen atoms in total. The van der Waals surface area contributed by atoms with Gasteiger partial charge in [-0.25, -0.2) is 0 Å². The second-order valence-electron chi connectivity index (χ2n) is 7.03. The molecule has 1 amide bonds. The summed E-state index contributed by atoms with van der Waals surface area (Å²) >= 11 is 0. The lowest BCUT2D eigenvalue weighted by atomic mass is 10.0. The zero-order chi connectivity index (χ0) is 16.8. The molecule has 2 fully saturated rings. The van der Waals surface area contributed by atoms with Crippen LogP contribution in [0.5, 0.6) is 0 Å². The van der Waals surface area contributed by atoms with Gasteiger partial charge in [0.1, 0.15) is 0 Å². The Hall–Kier alpha value is -1.39. The Bertz CT molecular complexity index is 504. The molecule has 1 aromatic rings. The molecule has 0 spiro atoms. The molecule has 0 bridgehead atoms. The van der Waals surface area contributed by atoms with Gasteiger partial charge in [0, 0.05) is 39.1 Å². The third-order valence-corrected chi connectivity index (χ3v) is 5.27. The lowest BCUT2D eigenvalue weighted by molar-refractivity contribution is -0.134. The van der Waals surface area contributed by atoms with Crippen molar-refractivity contribution >= 4 is 5.91 Å². The van der Waals surface area contributed by atoms with E-state index in [9.17, 15) is 4.79 Å². The van der Waals surface area contributed by atoms with Crippen molar-refractivity contribution < 1.29 is 9.53 Å². The lowest BCUT2D eigenvalue weighted by Crippen LogP contribution is -2.43. The molecular weight excluding hydrogens is 300 g/mol. The fraction of sp³-hybridized carbons (Fsp3) is 0.650. The maximum Gasteiger partial charge on any atom is 0.222 e. The molecule has 0 saturated carbocycles. The van der Waals surface area contributed by atoms with Gasteiger partial charge in [0.05, 0.1) is 12.2 Å². The molecule has 4 heteroatoms. The maximum absolute atomic E-state index is 11.7. The zero-order valence-corrected chi connectivity index (χ0v) is 14.8. The summed E-state index contributed by atoms with van der Waals surface area (Å²) in [7, 11) is 0. The topological polar surface area (TPSA) is 32.8 Å². The van der Waals surface area contributed by atoms with E-state index in [1.807, 2.05) is 11.8 Å². The van der Waals surface area contributed by atoms with Crippen LogP contribution >= 0.6 is 0 Å². The molecular formula is C20H30N2O2. The van der Waals surface area contributed by atoms with Crippen LogP contribution in [0.2, 0.25) is 0 Å². The Labute approximate surface area is 145 Å². The number of likely N-dealkylation sites (tertiary alicyclic amines) is 2. The van der Waals surface area contributed by atoms with E-state index in [2.05, 4.69) is 35.2 Å². The van der Waals surface area contributed by atoms with Crippen LogP contribution in [0.3, 0.4) is 0 Å². The number of hydrogen-bond acceptors (Lipinski definition) is 3. The van der Waals surface area contributed by atoms with Crippen molar-refractivity contribution in [2.45, 2.75) is 57.8 Å². The van der Waals surface area contributed by atoms with Crippen LogP contribution < -0.4 is 0 Å². The summed E-state index contributed by atoms with van der Waals surface area (Å²) in [4.78, 5) is 16.2. The fourth-order valence-corrected chi connectivity index (χ4v) is 3.78. The normalized spacial score (nSPS) is 21.1. The third kappa shape index (κ3) is 4.81. The zero-order valence-electron chi connectivity index (χ0n) is 14.8. The minimum atomic E-state index is 0.280. The van der Waals surface area contributed by atoms with Crippen molar-refractivity contribution in [3.8, 4) is 0 Å². The molecule has 2 heterocycles. The summed E-state index contributed by atoms with van der Waals surface area (Å²) in [6, 6.07) is 10.7. The second-order valence-corrected chi connectivity index (χ2v) is 7.03. The minimum Gasteiger partial charge on any atom is -0.375 e. The average Bonchev–Trinajstić information content (AvgIpc) is 2.64. The van der Waals surface area contributed by atoms with Crippen molar-refractivity contribution in [3.63, 3.8) is 0 Å². The summed E-state index contributed by atoms with van der Waals surface area (Å²) in [6.45, 7) is 6.95. The number of ether oxygens (including phenoxy) is 1. The van der Waals surface area contributed by atoms with Gasteiger partial charge in [-0.05, 0) is 31.2 Å². The summed E-state index contributed by atoms with van der Waals surface area (Å²) in [6.07, 6.45) is 5.60. The van der Waals surface area contributed by atoms with Crippen LogP contribution in [0.1, 0.15) is 44.6 Å². The number of piperidine rings is 2. The van der Waals surface area contributed by atoms with Crippen LogP contribution in [-0.4, -0.2) is 54.1 Å². The number of nitrogens with zero attached hydrogens (tertiary/aromatic N) is 2. The van der Waals surface area contributed by atoms with Crippen molar-refractivity contribution in [2.75, 3.05) is 26.2 Å². The summed E-state index contributed by atoms with van der Waals surface area (Å²) in [5.41, 5.74) is 1.39. The number of benzene rings is 1. The number of hydrogen-bond donors (Lipinski definition) is 0. The van der Waals surface area contributed by atoms with Crippen LogP contribution in [0, 0.1) is 0 Å². The molecule has 3 rings (SSSR count). The van der Waals surface area contributed by atoms with Gasteiger partial charge in [-0.15, -0.1) is 0 Å². The molecule has 1 aromatic carbocycles. The van der Waals surface area contributed by atoms with Gasteiger partial charge in [-0.3, -0.25) is 9.69 Å². The highest BCUT2D eigenvalue weighted by Gasteiger charge is 2.26. The van der Waals surface area contributed by atoms with Gasteiger partial charge in [0.2, 0.25) is 5.91 Å². The van der Waals surface area contributed by atoms with Gasteiger partial charge >= 0.3 is 0 Å². The maximum atomic E-state index is 11.7. The molecule has 0 aromatic heterocycles. The summed E-state index contributed by atoms with van der Waals surface area (Å²) < 4.78 is 6.33. The van der Waals surface area contributed by atoms with Crippen molar-refractivity contribution in [1.82, 2.24) is 9.80 Å². The fourth-order valence-electron chi connectivity index (χ4n) is 3.78. The molecule has 2 saturated heterocycles. The Kier molecular flexibility index (Phi) is 6.27. The first kappa shape index (κ1) is 17.4. The number of carbonyl (C=O) groups excluding carboxylic acids is 1. The average molecular weight is 330 g/mol. The molecule has 0 aliphatic carbocycles. The lowest BCUT2D eigenvalue weighted by Gasteiger charge is -2.37. The molecule has 0 atom stereocenters. The Morgan fingerprint density at radius 3 is 2.17 bits per heavy atom. The standard InChI is InChI=1S/C20H30N2O2/c1-2-20(23)22-14-10-19(11-15-22)24-18-8-12-21(13-9-18)16-17-6-4-3-5-7-17/h3-7,18-19H,2,8-16H2,1H3. The Morgan fingerprint density at radius 1 is 1.00 bits per heavy atom. The first-order chi connectivity index (χ1) is 11.7. The number of rotatable bonds is 5. The van der Waals surface area contributed by atoms with E-state index >= 15 is 0 Å². The van der Waals surface area contributed by atoms with Gasteiger partial charge in [0.25, 0.3) is 0 Å². The monoisotopic (exact) mass is 330 g/mol. The van der Waals surface area contributed by atoms with E-state index in [1.165, 1.54) is 5.56 Å². The van der Waals surface area contributed by atoms with Crippen molar-refractivity contribution in [3.05, 3.63) is 35.9 Å². The van der Waals surface area contributed by atoms with Gasteiger partial charge in [0.15, 0.2) is 0 Å². The van der Waals surface area contributed by atoms with E-state index in [1.54, 1.807) is 0 Å². The van der Waals surface area contributed by atoms with Gasteiger partial charge in [-0.1, -0.05) is 37.3 Å². The van der Waals surface area contributed by atoms with Crippen LogP contribution in [0.25, 0.3) is 0 Å². The van der Waals surface area contributed by atoms with E-state index in [-0.39, 0.29) is 5.91 Å². The Balaban J connectivity index is 1.36. The van der Waals surface area contributed by atoms with E-state index < -0.39 is 0 Å². The summed E-state index contributed by atoms with van der Waals surface area (Å²) in [5.74, 6) is 0.280. The molecule has 0 radical (unpaired) electrons. The van der Waals surface area contributed by atoms with E-state index in [0.717, 1.165) is 58.4 Å². The first-order valence-electron chi connectivity index (χ1n) is 9.44. The van der Waals surface area contributed by atoms with Gasteiger partial charge in [-0.2, -0.15) is 0 Å². The highest BCUT2D eigenvalue weighted by Crippen LogP contribution is 2.22. The van der Waals surface area contributed by atoms with Crippen LogP contribution in [0.4, 0.5) is 0 Å².